The summed E-state index contributed by atoms with van der Waals surface area (Å²) in [6.45, 7) is 5.40. The number of allylic oxidation sites excluding steroid dienone is 1. The molecular weight excluding hydrogens is 362 g/mol. The largest absolute Gasteiger partial charge is 0.488 e. The molecule has 0 N–H and O–H groups in total. The highest BCUT2D eigenvalue weighted by Gasteiger charge is 2.60. The van der Waals surface area contributed by atoms with E-state index in [4.69, 9.17) is 14.2 Å². The van der Waals surface area contributed by atoms with E-state index in [0.29, 0.717) is 38.4 Å². The van der Waals surface area contributed by atoms with Gasteiger partial charge in [0.1, 0.15) is 0 Å². The highest BCUT2D eigenvalue weighted by Crippen LogP contribution is 2.52. The summed E-state index contributed by atoms with van der Waals surface area (Å²) < 4.78 is 15.8. The van der Waals surface area contributed by atoms with Gasteiger partial charge in [-0.05, 0) is 51.5 Å². The molecule has 154 valence electrons. The molecule has 0 unspecified atom stereocenters. The van der Waals surface area contributed by atoms with Gasteiger partial charge < -0.3 is 19.1 Å². The van der Waals surface area contributed by atoms with Crippen molar-refractivity contribution in [1.29, 1.82) is 0 Å². The van der Waals surface area contributed by atoms with Crippen LogP contribution in [0.15, 0.2) is 24.0 Å². The molecule has 2 heterocycles. The first-order chi connectivity index (χ1) is 13.6. The van der Waals surface area contributed by atoms with Crippen LogP contribution in [-0.2, 0) is 28.6 Å². The zero-order chi connectivity index (χ0) is 20.1. The minimum Gasteiger partial charge on any atom is -0.488 e. The van der Waals surface area contributed by atoms with Crippen molar-refractivity contribution in [1.82, 2.24) is 4.90 Å². The number of carbonyl (C=O) groups is 3. The Labute approximate surface area is 165 Å². The van der Waals surface area contributed by atoms with Gasteiger partial charge in [-0.3, -0.25) is 9.59 Å². The molecule has 0 bridgehead atoms. The molecule has 1 saturated heterocycles. The Morgan fingerprint density at radius 2 is 2.04 bits per heavy atom. The average molecular weight is 391 g/mol. The lowest BCUT2D eigenvalue weighted by Gasteiger charge is -2.58. The molecule has 7 nitrogen and oxygen atoms in total. The number of rotatable bonds is 9. The third-order valence-electron chi connectivity index (χ3n) is 5.69. The SMILES string of the molecule is CCOC(=O)/C=C/CCCOC1=C[C@@H]2[C@@H](C(=O)OCC)[C@@H]3CCCN(C1=O)[C@H]23. The van der Waals surface area contributed by atoms with Gasteiger partial charge in [-0.15, -0.1) is 0 Å². The highest BCUT2D eigenvalue weighted by molar-refractivity contribution is 5.94. The van der Waals surface area contributed by atoms with Crippen molar-refractivity contribution in [3.8, 4) is 0 Å². The maximum absolute atomic E-state index is 12.8. The van der Waals surface area contributed by atoms with Crippen LogP contribution in [0.25, 0.3) is 0 Å². The number of hydrogen-bond donors (Lipinski definition) is 0. The topological polar surface area (TPSA) is 82.1 Å². The number of carbonyl (C=O) groups excluding carboxylic acids is 3. The van der Waals surface area contributed by atoms with E-state index in [1.165, 1.54) is 6.08 Å². The van der Waals surface area contributed by atoms with Crippen LogP contribution in [0.4, 0.5) is 0 Å². The van der Waals surface area contributed by atoms with Crippen molar-refractivity contribution in [2.24, 2.45) is 17.8 Å². The monoisotopic (exact) mass is 391 g/mol. The number of piperidine rings is 1. The summed E-state index contributed by atoms with van der Waals surface area (Å²) in [6, 6.07) is 0.107. The van der Waals surface area contributed by atoms with Crippen LogP contribution in [0.5, 0.6) is 0 Å². The van der Waals surface area contributed by atoms with Gasteiger partial charge in [0, 0.05) is 24.6 Å². The summed E-state index contributed by atoms with van der Waals surface area (Å²) in [6.07, 6.45) is 8.19. The maximum Gasteiger partial charge on any atom is 0.330 e. The first-order valence-corrected chi connectivity index (χ1v) is 10.2. The number of esters is 2. The average Bonchev–Trinajstić information content (AvgIpc) is 2.66. The number of unbranched alkanes of at least 4 members (excludes halogenated alkanes) is 1. The van der Waals surface area contributed by atoms with E-state index in [2.05, 4.69) is 0 Å². The van der Waals surface area contributed by atoms with Gasteiger partial charge in [0.15, 0.2) is 5.76 Å². The molecule has 0 aromatic rings. The van der Waals surface area contributed by atoms with Crippen molar-refractivity contribution >= 4 is 17.8 Å². The Balaban J connectivity index is 1.56. The van der Waals surface area contributed by atoms with Gasteiger partial charge in [-0.25, -0.2) is 4.79 Å². The molecule has 1 amide bonds. The number of amides is 1. The van der Waals surface area contributed by atoms with Gasteiger partial charge in [0.25, 0.3) is 5.91 Å². The highest BCUT2D eigenvalue weighted by atomic mass is 16.5. The summed E-state index contributed by atoms with van der Waals surface area (Å²) in [7, 11) is 0. The minimum atomic E-state index is -0.353. The molecule has 1 saturated carbocycles. The van der Waals surface area contributed by atoms with Crippen LogP contribution in [0.1, 0.15) is 39.5 Å². The first kappa shape index (κ1) is 20.4. The summed E-state index contributed by atoms with van der Waals surface area (Å²) in [4.78, 5) is 38.2. The van der Waals surface area contributed by atoms with Crippen molar-refractivity contribution in [3.05, 3.63) is 24.0 Å². The van der Waals surface area contributed by atoms with Crippen molar-refractivity contribution in [2.75, 3.05) is 26.4 Å². The lowest BCUT2D eigenvalue weighted by Crippen LogP contribution is -2.67. The molecule has 0 aromatic carbocycles. The lowest BCUT2D eigenvalue weighted by atomic mass is 9.56. The van der Waals surface area contributed by atoms with Gasteiger partial charge in [0.2, 0.25) is 0 Å². The second-order valence-electron chi connectivity index (χ2n) is 7.33. The second-order valence-corrected chi connectivity index (χ2v) is 7.33. The Bertz CT molecular complexity index is 670. The number of nitrogens with zero attached hydrogens (tertiary/aromatic N) is 1. The fourth-order valence-electron chi connectivity index (χ4n) is 4.55. The van der Waals surface area contributed by atoms with Crippen LogP contribution in [0.3, 0.4) is 0 Å². The molecule has 1 aliphatic carbocycles. The van der Waals surface area contributed by atoms with Gasteiger partial charge in [-0.1, -0.05) is 6.08 Å². The third kappa shape index (κ3) is 4.08. The van der Waals surface area contributed by atoms with E-state index in [1.807, 2.05) is 17.9 Å². The van der Waals surface area contributed by atoms with Gasteiger partial charge >= 0.3 is 11.9 Å². The maximum atomic E-state index is 12.8. The minimum absolute atomic E-state index is 0.0132. The van der Waals surface area contributed by atoms with Crippen LogP contribution < -0.4 is 0 Å². The summed E-state index contributed by atoms with van der Waals surface area (Å²) in [5.74, 6) is -0.236. The lowest BCUT2D eigenvalue weighted by molar-refractivity contribution is -0.176. The molecule has 0 radical (unpaired) electrons. The van der Waals surface area contributed by atoms with E-state index in [0.717, 1.165) is 19.4 Å². The third-order valence-corrected chi connectivity index (χ3v) is 5.69. The van der Waals surface area contributed by atoms with E-state index >= 15 is 0 Å². The summed E-state index contributed by atoms with van der Waals surface area (Å²) >= 11 is 0. The van der Waals surface area contributed by atoms with Crippen molar-refractivity contribution < 1.29 is 28.6 Å². The Morgan fingerprint density at radius 1 is 1.25 bits per heavy atom. The molecule has 4 atom stereocenters. The van der Waals surface area contributed by atoms with Gasteiger partial charge in [0.05, 0.1) is 25.7 Å². The first-order valence-electron chi connectivity index (χ1n) is 10.2. The fraction of sp³-hybridized carbons (Fsp3) is 0.667. The smallest absolute Gasteiger partial charge is 0.330 e. The zero-order valence-electron chi connectivity index (χ0n) is 16.6. The molecule has 0 spiro atoms. The normalized spacial score (nSPS) is 28.3. The van der Waals surface area contributed by atoms with E-state index < -0.39 is 0 Å². The van der Waals surface area contributed by atoms with Crippen LogP contribution in [0.2, 0.25) is 0 Å². The molecule has 3 aliphatic rings. The Hall–Kier alpha value is -2.31. The predicted octanol–water partition coefficient (Wildman–Crippen LogP) is 2.22. The van der Waals surface area contributed by atoms with Gasteiger partial charge in [-0.2, -0.15) is 0 Å². The molecule has 2 fully saturated rings. The zero-order valence-corrected chi connectivity index (χ0v) is 16.6. The van der Waals surface area contributed by atoms with Crippen molar-refractivity contribution in [3.63, 3.8) is 0 Å². The van der Waals surface area contributed by atoms with E-state index in [-0.39, 0.29) is 41.6 Å². The van der Waals surface area contributed by atoms with Crippen LogP contribution >= 0.6 is 0 Å². The molecule has 0 aromatic heterocycles. The van der Waals surface area contributed by atoms with E-state index in [9.17, 15) is 14.4 Å². The summed E-state index contributed by atoms with van der Waals surface area (Å²) in [5.41, 5.74) is 0. The molecular formula is C21H29NO6. The molecule has 3 rings (SSSR count). The Morgan fingerprint density at radius 3 is 2.79 bits per heavy atom. The molecule has 28 heavy (non-hydrogen) atoms. The van der Waals surface area contributed by atoms with Crippen LogP contribution in [-0.4, -0.2) is 55.2 Å². The van der Waals surface area contributed by atoms with Crippen LogP contribution in [0, 0.1) is 17.8 Å². The predicted molar refractivity (Wildman–Crippen MR) is 101 cm³/mol. The second kappa shape index (κ2) is 9.26. The van der Waals surface area contributed by atoms with E-state index in [1.54, 1.807) is 13.0 Å². The summed E-state index contributed by atoms with van der Waals surface area (Å²) in [5, 5.41) is 0. The Kier molecular flexibility index (Phi) is 6.75. The number of hydrogen-bond acceptors (Lipinski definition) is 6. The molecule has 2 aliphatic heterocycles. The quantitative estimate of drug-likeness (QED) is 0.341. The standard InChI is InChI=1S/C21H29NO6/c1-3-26-17(23)10-6-5-7-12-28-16-13-15-18(21(25)27-4-2)14-9-8-11-22(19(14)15)20(16)24/h6,10,13-15,18-19H,3-5,7-9,11-12H2,1-2H3/b10-6+/t14-,15+,18-,19-/m0/s1. The molecule has 7 heteroatoms. The number of ether oxygens (including phenoxy) is 3. The fourth-order valence-corrected chi connectivity index (χ4v) is 4.55. The van der Waals surface area contributed by atoms with Crippen molar-refractivity contribution in [2.45, 2.75) is 45.6 Å².